The maximum Gasteiger partial charge on any atom is 0.287 e. The number of anilines is 1. The molecule has 0 bridgehead atoms. The molecule has 0 aliphatic heterocycles. The second-order valence-electron chi connectivity index (χ2n) is 5.03. The van der Waals surface area contributed by atoms with Gasteiger partial charge >= 0.3 is 0 Å². The van der Waals surface area contributed by atoms with Gasteiger partial charge < -0.3 is 10.2 Å². The number of nitrogens with one attached hydrogen (secondary N) is 1. The average Bonchev–Trinajstić information content (AvgIpc) is 2.40. The Balaban J connectivity index is 2.75. The molecule has 0 aliphatic carbocycles. The molecule has 114 valence electrons. The summed E-state index contributed by atoms with van der Waals surface area (Å²) in [6.07, 6.45) is 4.73. The van der Waals surface area contributed by atoms with Gasteiger partial charge in [-0.1, -0.05) is 11.6 Å². The van der Waals surface area contributed by atoms with Crippen molar-refractivity contribution in [3.8, 4) is 0 Å². The summed E-state index contributed by atoms with van der Waals surface area (Å²) in [6, 6.07) is 0.263. The summed E-state index contributed by atoms with van der Waals surface area (Å²) in [4.78, 5) is 14.1. The van der Waals surface area contributed by atoms with Crippen LogP contribution in [0, 0.1) is 0 Å². The van der Waals surface area contributed by atoms with Crippen molar-refractivity contribution in [3.05, 3.63) is 21.6 Å². The second-order valence-corrected chi connectivity index (χ2v) is 6.39. The highest BCUT2D eigenvalue weighted by Crippen LogP contribution is 2.17. The zero-order chi connectivity index (χ0) is 15.1. The lowest BCUT2D eigenvalue weighted by molar-refractivity contribution is 0.367. The molecule has 1 atom stereocenters. The van der Waals surface area contributed by atoms with E-state index in [-0.39, 0.29) is 16.6 Å². The van der Waals surface area contributed by atoms with Crippen LogP contribution in [0.15, 0.2) is 11.0 Å². The van der Waals surface area contributed by atoms with E-state index in [9.17, 15) is 4.79 Å². The van der Waals surface area contributed by atoms with Crippen LogP contribution in [0.1, 0.15) is 13.3 Å². The highest BCUT2D eigenvalue weighted by molar-refractivity contribution is 7.98. The highest BCUT2D eigenvalue weighted by atomic mass is 35.5. The lowest BCUT2D eigenvalue weighted by Gasteiger charge is -2.16. The first-order chi connectivity index (χ1) is 9.45. The van der Waals surface area contributed by atoms with Crippen molar-refractivity contribution in [2.45, 2.75) is 25.9 Å². The van der Waals surface area contributed by atoms with Crippen LogP contribution in [-0.2, 0) is 6.54 Å². The molecule has 0 aliphatic rings. The molecule has 0 aromatic carbocycles. The van der Waals surface area contributed by atoms with Crippen molar-refractivity contribution in [1.29, 1.82) is 0 Å². The van der Waals surface area contributed by atoms with Crippen molar-refractivity contribution in [2.24, 2.45) is 0 Å². The third kappa shape index (κ3) is 5.34. The molecule has 5 nitrogen and oxygen atoms in total. The molecule has 0 saturated heterocycles. The number of thioether (sulfide) groups is 1. The average molecular weight is 319 g/mol. The van der Waals surface area contributed by atoms with Crippen LogP contribution in [-0.4, -0.2) is 53.4 Å². The molecule has 0 radical (unpaired) electrons. The van der Waals surface area contributed by atoms with Crippen molar-refractivity contribution < 1.29 is 0 Å². The van der Waals surface area contributed by atoms with Crippen molar-refractivity contribution in [3.63, 3.8) is 0 Å². The lowest BCUT2D eigenvalue weighted by Crippen LogP contribution is -2.30. The zero-order valence-corrected chi connectivity index (χ0v) is 14.1. The lowest BCUT2D eigenvalue weighted by atomic mass is 10.2. The van der Waals surface area contributed by atoms with Crippen LogP contribution in [0.4, 0.5) is 5.69 Å². The molecule has 1 heterocycles. The molecular formula is C13H23ClN4OS. The number of rotatable bonds is 8. The molecule has 1 rings (SSSR count). The van der Waals surface area contributed by atoms with E-state index in [2.05, 4.69) is 23.6 Å². The van der Waals surface area contributed by atoms with Crippen LogP contribution in [0.5, 0.6) is 0 Å². The normalized spacial score (nSPS) is 12.7. The molecule has 0 amide bonds. The van der Waals surface area contributed by atoms with Gasteiger partial charge in [-0.15, -0.1) is 0 Å². The minimum absolute atomic E-state index is 0.217. The summed E-state index contributed by atoms with van der Waals surface area (Å²) in [6.45, 7) is 3.36. The van der Waals surface area contributed by atoms with Crippen LogP contribution in [0.25, 0.3) is 0 Å². The quantitative estimate of drug-likeness (QED) is 0.794. The topological polar surface area (TPSA) is 50.2 Å². The van der Waals surface area contributed by atoms with Crippen molar-refractivity contribution in [2.75, 3.05) is 38.0 Å². The van der Waals surface area contributed by atoms with Gasteiger partial charge in [0.2, 0.25) is 0 Å². The maximum atomic E-state index is 12.1. The van der Waals surface area contributed by atoms with Crippen molar-refractivity contribution in [1.82, 2.24) is 14.7 Å². The van der Waals surface area contributed by atoms with E-state index < -0.39 is 0 Å². The van der Waals surface area contributed by atoms with Crippen molar-refractivity contribution >= 4 is 29.1 Å². The maximum absolute atomic E-state index is 12.1. The van der Waals surface area contributed by atoms with E-state index in [0.29, 0.717) is 12.2 Å². The molecular weight excluding hydrogens is 296 g/mol. The molecule has 1 aromatic rings. The predicted octanol–water partition coefficient (Wildman–Crippen LogP) is 2.01. The molecule has 1 N–H and O–H groups in total. The van der Waals surface area contributed by atoms with E-state index >= 15 is 0 Å². The highest BCUT2D eigenvalue weighted by Gasteiger charge is 2.11. The first-order valence-electron chi connectivity index (χ1n) is 6.61. The SMILES string of the molecule is CSCCC(C)Nc1cnn(CCN(C)C)c(=O)c1Cl. The Bertz CT molecular complexity index is 478. The van der Waals surface area contributed by atoms with Crippen LogP contribution < -0.4 is 10.9 Å². The summed E-state index contributed by atoms with van der Waals surface area (Å²) in [5.41, 5.74) is 0.377. The smallest absolute Gasteiger partial charge is 0.287 e. The number of nitrogens with zero attached hydrogens (tertiary/aromatic N) is 3. The molecule has 1 unspecified atom stereocenters. The van der Waals surface area contributed by atoms with E-state index in [0.717, 1.165) is 18.7 Å². The minimum Gasteiger partial charge on any atom is -0.380 e. The first-order valence-corrected chi connectivity index (χ1v) is 8.38. The Labute approximate surface area is 129 Å². The van der Waals surface area contributed by atoms with E-state index in [4.69, 9.17) is 11.6 Å². The Morgan fingerprint density at radius 2 is 2.25 bits per heavy atom. The number of hydrogen-bond acceptors (Lipinski definition) is 5. The molecule has 20 heavy (non-hydrogen) atoms. The minimum atomic E-state index is -0.240. The van der Waals surface area contributed by atoms with Gasteiger partial charge in [0.05, 0.1) is 18.4 Å². The largest absolute Gasteiger partial charge is 0.380 e. The summed E-state index contributed by atoms with van der Waals surface area (Å²) in [5.74, 6) is 1.07. The Hall–Kier alpha value is -0.720. The van der Waals surface area contributed by atoms with Gasteiger partial charge in [-0.25, -0.2) is 4.68 Å². The third-order valence-corrected chi connectivity index (χ3v) is 3.91. The fraction of sp³-hybridized carbons (Fsp3) is 0.692. The Morgan fingerprint density at radius 3 is 2.85 bits per heavy atom. The fourth-order valence-electron chi connectivity index (χ4n) is 1.65. The van der Waals surface area contributed by atoms with Crippen LogP contribution in [0.3, 0.4) is 0 Å². The summed E-state index contributed by atoms with van der Waals surface area (Å²) in [5, 5.41) is 7.63. The van der Waals surface area contributed by atoms with Gasteiger partial charge in [0, 0.05) is 12.6 Å². The van der Waals surface area contributed by atoms with Crippen LogP contribution >= 0.6 is 23.4 Å². The van der Waals surface area contributed by atoms with E-state index in [1.165, 1.54) is 4.68 Å². The fourth-order valence-corrected chi connectivity index (χ4v) is 2.44. The standard InChI is InChI=1S/C13H23ClN4OS/c1-10(5-8-20-4)16-11-9-15-18(7-6-17(2)3)13(19)12(11)14/h9-10,16H,5-8H2,1-4H3. The first kappa shape index (κ1) is 17.3. The molecule has 0 spiro atoms. The molecule has 1 aromatic heterocycles. The number of aromatic nitrogens is 2. The number of likely N-dealkylation sites (N-methyl/N-ethyl adjacent to an activating group) is 1. The predicted molar refractivity (Wildman–Crippen MR) is 88.1 cm³/mol. The van der Waals surface area contributed by atoms with Gasteiger partial charge in [-0.3, -0.25) is 4.79 Å². The zero-order valence-electron chi connectivity index (χ0n) is 12.5. The summed E-state index contributed by atoms with van der Waals surface area (Å²) < 4.78 is 1.40. The van der Waals surface area contributed by atoms with Crippen LogP contribution in [0.2, 0.25) is 5.02 Å². The molecule has 7 heteroatoms. The summed E-state index contributed by atoms with van der Waals surface area (Å²) in [7, 11) is 3.91. The summed E-state index contributed by atoms with van der Waals surface area (Å²) >= 11 is 7.94. The van der Waals surface area contributed by atoms with E-state index in [1.807, 2.05) is 19.0 Å². The third-order valence-electron chi connectivity index (χ3n) is 2.90. The molecule has 0 fully saturated rings. The monoisotopic (exact) mass is 318 g/mol. The number of hydrogen-bond donors (Lipinski definition) is 1. The number of halogens is 1. The Morgan fingerprint density at radius 1 is 1.55 bits per heavy atom. The molecule has 0 saturated carbocycles. The van der Waals surface area contributed by atoms with E-state index in [1.54, 1.807) is 18.0 Å². The van der Waals surface area contributed by atoms with Gasteiger partial charge in [0.25, 0.3) is 5.56 Å². The van der Waals surface area contributed by atoms with Gasteiger partial charge in [0.1, 0.15) is 5.02 Å². The Kier molecular flexibility index (Phi) is 7.40. The van der Waals surface area contributed by atoms with Gasteiger partial charge in [-0.2, -0.15) is 16.9 Å². The van der Waals surface area contributed by atoms with Gasteiger partial charge in [0.15, 0.2) is 0 Å². The van der Waals surface area contributed by atoms with Gasteiger partial charge in [-0.05, 0) is 39.4 Å². The second kappa shape index (κ2) is 8.54.